The molecule has 122 valence electrons. The summed E-state index contributed by atoms with van der Waals surface area (Å²) in [5, 5.41) is 0.977. The molecule has 0 fully saturated rings. The van der Waals surface area contributed by atoms with E-state index in [0.717, 1.165) is 27.6 Å². The number of nitrogen functional groups attached to an aromatic ring is 3. The fourth-order valence-corrected chi connectivity index (χ4v) is 2.42. The molecule has 0 unspecified atom stereocenters. The van der Waals surface area contributed by atoms with Crippen LogP contribution in [0.4, 0.5) is 17.5 Å². The minimum Gasteiger partial charge on any atom is -0.398 e. The molecule has 6 nitrogen and oxygen atoms in total. The summed E-state index contributed by atoms with van der Waals surface area (Å²) in [5.74, 6) is 0.549. The number of aryl methyl sites for hydroxylation is 1. The van der Waals surface area contributed by atoms with Gasteiger partial charge in [-0.2, -0.15) is 4.98 Å². The number of nitrogens with two attached hydrogens (primary N) is 3. The second-order valence-electron chi connectivity index (χ2n) is 4.98. The highest BCUT2D eigenvalue weighted by molar-refractivity contribution is 5.94. The van der Waals surface area contributed by atoms with E-state index in [1.54, 1.807) is 12.4 Å². The molecular weight excluding hydrogens is 335 g/mol. The lowest BCUT2D eigenvalue weighted by molar-refractivity contribution is 1.09. The number of rotatable bonds is 2. The summed E-state index contributed by atoms with van der Waals surface area (Å²) < 4.78 is 0. The standard InChI is InChI=1S/C15H16N6.2ClH/c1-8-4-5-19-11-3-2-9(13(16)12(8)11)6-10-7-20-15(18)21-14(10)17;;/h2-5,7H,6,16H2,1H3,(H4,17,18,20,21);2*1H. The maximum Gasteiger partial charge on any atom is 0.221 e. The molecule has 0 radical (unpaired) electrons. The Morgan fingerprint density at radius 1 is 0.957 bits per heavy atom. The molecule has 6 N–H and O–H groups in total. The van der Waals surface area contributed by atoms with Gasteiger partial charge in [0.1, 0.15) is 5.82 Å². The molecule has 8 heteroatoms. The molecule has 23 heavy (non-hydrogen) atoms. The summed E-state index contributed by atoms with van der Waals surface area (Å²) in [6.07, 6.45) is 3.97. The van der Waals surface area contributed by atoms with Gasteiger partial charge in [0.15, 0.2) is 0 Å². The zero-order valence-corrected chi connectivity index (χ0v) is 14.1. The number of halogens is 2. The molecule has 0 spiro atoms. The topological polar surface area (TPSA) is 117 Å². The monoisotopic (exact) mass is 352 g/mol. The number of hydrogen-bond donors (Lipinski definition) is 3. The third-order valence-electron chi connectivity index (χ3n) is 3.54. The van der Waals surface area contributed by atoms with Crippen molar-refractivity contribution in [2.45, 2.75) is 13.3 Å². The molecule has 0 saturated heterocycles. The molecule has 0 amide bonds. The summed E-state index contributed by atoms with van der Waals surface area (Å²) in [7, 11) is 0. The average Bonchev–Trinajstić information content (AvgIpc) is 2.44. The number of fused-ring (bicyclic) bond motifs is 1. The van der Waals surface area contributed by atoms with E-state index in [-0.39, 0.29) is 30.8 Å². The van der Waals surface area contributed by atoms with Gasteiger partial charge in [-0.1, -0.05) is 6.07 Å². The normalized spacial score (nSPS) is 9.96. The Labute approximate surface area is 146 Å². The average molecular weight is 353 g/mol. The molecule has 3 rings (SSSR count). The maximum atomic E-state index is 6.30. The first-order valence-electron chi connectivity index (χ1n) is 6.56. The van der Waals surface area contributed by atoms with Crippen molar-refractivity contribution in [3.63, 3.8) is 0 Å². The number of hydrogen-bond acceptors (Lipinski definition) is 6. The second-order valence-corrected chi connectivity index (χ2v) is 4.98. The van der Waals surface area contributed by atoms with E-state index in [1.807, 2.05) is 25.1 Å². The highest BCUT2D eigenvalue weighted by Gasteiger charge is 2.10. The lowest BCUT2D eigenvalue weighted by Gasteiger charge is -2.11. The van der Waals surface area contributed by atoms with E-state index in [4.69, 9.17) is 17.2 Å². The fourth-order valence-electron chi connectivity index (χ4n) is 2.42. The lowest BCUT2D eigenvalue weighted by atomic mass is 9.99. The fraction of sp³-hybridized carbons (Fsp3) is 0.133. The van der Waals surface area contributed by atoms with Gasteiger partial charge >= 0.3 is 0 Å². The Morgan fingerprint density at radius 2 is 1.70 bits per heavy atom. The smallest absolute Gasteiger partial charge is 0.221 e. The van der Waals surface area contributed by atoms with Gasteiger partial charge < -0.3 is 17.2 Å². The Kier molecular flexibility index (Phi) is 5.95. The van der Waals surface area contributed by atoms with Gasteiger partial charge in [0.25, 0.3) is 0 Å². The first kappa shape index (κ1) is 18.7. The minimum absolute atomic E-state index is 0. The van der Waals surface area contributed by atoms with Crippen molar-refractivity contribution in [3.05, 3.63) is 47.3 Å². The van der Waals surface area contributed by atoms with Gasteiger partial charge in [-0.3, -0.25) is 4.98 Å². The third kappa shape index (κ3) is 3.55. The summed E-state index contributed by atoms with van der Waals surface area (Å²) in [6.45, 7) is 2.02. The van der Waals surface area contributed by atoms with Gasteiger partial charge in [-0.15, -0.1) is 24.8 Å². The zero-order valence-electron chi connectivity index (χ0n) is 12.5. The summed E-state index contributed by atoms with van der Waals surface area (Å²) >= 11 is 0. The van der Waals surface area contributed by atoms with E-state index in [1.165, 1.54) is 0 Å². The molecule has 2 aromatic heterocycles. The molecular formula is C15H18Cl2N6. The van der Waals surface area contributed by atoms with Crippen molar-refractivity contribution in [2.24, 2.45) is 0 Å². The van der Waals surface area contributed by atoms with Gasteiger partial charge in [0.2, 0.25) is 5.95 Å². The number of anilines is 3. The number of pyridine rings is 1. The van der Waals surface area contributed by atoms with Crippen LogP contribution >= 0.6 is 24.8 Å². The molecule has 0 atom stereocenters. The van der Waals surface area contributed by atoms with Crippen LogP contribution in [0.5, 0.6) is 0 Å². The summed E-state index contributed by atoms with van der Waals surface area (Å²) in [5.41, 5.74) is 22.2. The predicted molar refractivity (Wildman–Crippen MR) is 99.1 cm³/mol. The third-order valence-corrected chi connectivity index (χ3v) is 3.54. The van der Waals surface area contributed by atoms with Gasteiger partial charge in [0.05, 0.1) is 5.52 Å². The van der Waals surface area contributed by atoms with Crippen molar-refractivity contribution in [3.8, 4) is 0 Å². The Balaban J connectivity index is 0.00000132. The number of aromatic nitrogens is 3. The highest BCUT2D eigenvalue weighted by atomic mass is 35.5. The van der Waals surface area contributed by atoms with Crippen molar-refractivity contribution < 1.29 is 0 Å². The largest absolute Gasteiger partial charge is 0.398 e. The molecule has 1 aromatic carbocycles. The van der Waals surface area contributed by atoms with Crippen LogP contribution in [0.15, 0.2) is 30.6 Å². The van der Waals surface area contributed by atoms with E-state index >= 15 is 0 Å². The minimum atomic E-state index is 0. The van der Waals surface area contributed by atoms with Crippen LogP contribution in [0.1, 0.15) is 16.7 Å². The molecule has 3 aromatic rings. The number of nitrogens with zero attached hydrogens (tertiary/aromatic N) is 3. The first-order chi connectivity index (χ1) is 10.1. The Morgan fingerprint density at radius 3 is 2.39 bits per heavy atom. The van der Waals surface area contributed by atoms with Crippen LogP contribution in [0, 0.1) is 6.92 Å². The van der Waals surface area contributed by atoms with Crippen LogP contribution in [0.25, 0.3) is 10.9 Å². The quantitative estimate of drug-likeness (QED) is 0.610. The van der Waals surface area contributed by atoms with E-state index in [2.05, 4.69) is 15.0 Å². The molecule has 0 aliphatic rings. The molecule has 0 bridgehead atoms. The van der Waals surface area contributed by atoms with Gasteiger partial charge in [-0.05, 0) is 30.2 Å². The van der Waals surface area contributed by atoms with E-state index in [9.17, 15) is 0 Å². The summed E-state index contributed by atoms with van der Waals surface area (Å²) in [4.78, 5) is 12.3. The zero-order chi connectivity index (χ0) is 15.0. The first-order valence-corrected chi connectivity index (χ1v) is 6.56. The van der Waals surface area contributed by atoms with Gasteiger partial charge in [0, 0.05) is 35.5 Å². The maximum absolute atomic E-state index is 6.30. The molecule has 0 aliphatic heterocycles. The van der Waals surface area contributed by atoms with Crippen molar-refractivity contribution in [2.75, 3.05) is 17.2 Å². The lowest BCUT2D eigenvalue weighted by Crippen LogP contribution is -2.05. The molecule has 0 aliphatic carbocycles. The highest BCUT2D eigenvalue weighted by Crippen LogP contribution is 2.28. The number of benzene rings is 1. The predicted octanol–water partition coefficient (Wildman–Crippen LogP) is 2.51. The summed E-state index contributed by atoms with van der Waals surface area (Å²) in [6, 6.07) is 5.87. The molecule has 2 heterocycles. The van der Waals surface area contributed by atoms with Crippen LogP contribution in [-0.2, 0) is 6.42 Å². The second kappa shape index (κ2) is 7.30. The SMILES string of the molecule is Cc1ccnc2ccc(Cc3cnc(N)nc3N)c(N)c12.Cl.Cl. The van der Waals surface area contributed by atoms with Crippen LogP contribution < -0.4 is 17.2 Å². The van der Waals surface area contributed by atoms with Crippen molar-refractivity contribution in [1.29, 1.82) is 0 Å². The van der Waals surface area contributed by atoms with E-state index < -0.39 is 0 Å². The van der Waals surface area contributed by atoms with Crippen LogP contribution in [-0.4, -0.2) is 15.0 Å². The van der Waals surface area contributed by atoms with Crippen molar-refractivity contribution >= 4 is 53.2 Å². The van der Waals surface area contributed by atoms with Crippen LogP contribution in [0.3, 0.4) is 0 Å². The van der Waals surface area contributed by atoms with Gasteiger partial charge in [-0.25, -0.2) is 4.98 Å². The Bertz CT molecular complexity index is 838. The Hall–Kier alpha value is -2.31. The molecule has 0 saturated carbocycles. The van der Waals surface area contributed by atoms with E-state index in [0.29, 0.717) is 17.9 Å². The van der Waals surface area contributed by atoms with Crippen LogP contribution in [0.2, 0.25) is 0 Å². The van der Waals surface area contributed by atoms with Crippen molar-refractivity contribution in [1.82, 2.24) is 15.0 Å².